The molecular weight excluding hydrogens is 422 g/mol. The van der Waals surface area contributed by atoms with Gasteiger partial charge in [0.1, 0.15) is 5.75 Å². The molecule has 0 saturated carbocycles. The first-order valence-electron chi connectivity index (χ1n) is 10.2. The summed E-state index contributed by atoms with van der Waals surface area (Å²) >= 11 is 1.34. The summed E-state index contributed by atoms with van der Waals surface area (Å²) in [7, 11) is 1.64. The molecule has 2 heterocycles. The molecule has 2 aromatic heterocycles. The minimum absolute atomic E-state index is 0.0399. The van der Waals surface area contributed by atoms with Gasteiger partial charge < -0.3 is 9.30 Å². The number of Topliss-reactive ketones (excluding diaryl/α,β-unsaturated/α-hetero) is 1. The van der Waals surface area contributed by atoms with Crippen molar-refractivity contribution in [3.8, 4) is 17.1 Å². The Labute approximate surface area is 191 Å². The molecule has 2 aromatic carbocycles. The van der Waals surface area contributed by atoms with Crippen LogP contribution in [0.1, 0.15) is 32.9 Å². The van der Waals surface area contributed by atoms with E-state index in [9.17, 15) is 4.79 Å². The first kappa shape index (κ1) is 21.8. The Morgan fingerprint density at radius 3 is 2.47 bits per heavy atom. The lowest BCUT2D eigenvalue weighted by Gasteiger charge is -2.11. The molecular formula is C24H25N5O2S. The standard InChI is InChI=1S/C24H25N5O2S/c1-15-6-11-22(16(2)12-15)29-24(25-26-27-29)32-14-23(30)21-13-17(3)28(18(21)4)19-7-9-20(31-5)10-8-19/h6-13H,14H2,1-5H3. The Bertz CT molecular complexity index is 1270. The molecule has 4 rings (SSSR count). The fourth-order valence-corrected chi connectivity index (χ4v) is 4.61. The van der Waals surface area contributed by atoms with Crippen molar-refractivity contribution < 1.29 is 9.53 Å². The minimum atomic E-state index is 0.0399. The van der Waals surface area contributed by atoms with Gasteiger partial charge in [0.05, 0.1) is 18.6 Å². The van der Waals surface area contributed by atoms with Crippen LogP contribution in [0.2, 0.25) is 0 Å². The SMILES string of the molecule is COc1ccc(-n2c(C)cc(C(=O)CSc3nnnn3-c3ccc(C)cc3C)c2C)cc1. The quantitative estimate of drug-likeness (QED) is 0.303. The van der Waals surface area contributed by atoms with E-state index in [1.165, 1.54) is 17.3 Å². The molecule has 0 unspecified atom stereocenters. The number of nitrogens with zero attached hydrogens (tertiary/aromatic N) is 5. The zero-order chi connectivity index (χ0) is 22.8. The molecule has 4 aromatic rings. The molecule has 0 fully saturated rings. The maximum atomic E-state index is 13.1. The van der Waals surface area contributed by atoms with Gasteiger partial charge in [-0.25, -0.2) is 0 Å². The Morgan fingerprint density at radius 2 is 1.78 bits per heavy atom. The number of aromatic nitrogens is 5. The van der Waals surface area contributed by atoms with Crippen molar-refractivity contribution in [2.24, 2.45) is 0 Å². The molecule has 0 aliphatic rings. The molecule has 0 atom stereocenters. The second-order valence-corrected chi connectivity index (χ2v) is 8.64. The molecule has 0 N–H and O–H groups in total. The number of hydrogen-bond donors (Lipinski definition) is 0. The number of methoxy groups -OCH3 is 1. The van der Waals surface area contributed by atoms with Gasteiger partial charge in [0.15, 0.2) is 5.78 Å². The number of ether oxygens (including phenoxy) is 1. The first-order chi connectivity index (χ1) is 15.4. The van der Waals surface area contributed by atoms with Crippen LogP contribution in [0.25, 0.3) is 11.4 Å². The number of rotatable bonds is 7. The van der Waals surface area contributed by atoms with E-state index in [-0.39, 0.29) is 11.5 Å². The summed E-state index contributed by atoms with van der Waals surface area (Å²) in [6.45, 7) is 8.04. The molecule has 0 saturated heterocycles. The summed E-state index contributed by atoms with van der Waals surface area (Å²) in [4.78, 5) is 13.1. The smallest absolute Gasteiger partial charge is 0.214 e. The Balaban J connectivity index is 1.54. The summed E-state index contributed by atoms with van der Waals surface area (Å²) in [6, 6.07) is 15.9. The summed E-state index contributed by atoms with van der Waals surface area (Å²) in [5.74, 6) is 1.08. The van der Waals surface area contributed by atoms with Crippen LogP contribution in [0, 0.1) is 27.7 Å². The van der Waals surface area contributed by atoms with Gasteiger partial charge in [0.25, 0.3) is 0 Å². The molecule has 32 heavy (non-hydrogen) atoms. The van der Waals surface area contributed by atoms with E-state index in [4.69, 9.17) is 4.74 Å². The topological polar surface area (TPSA) is 74.8 Å². The highest BCUT2D eigenvalue weighted by Gasteiger charge is 2.19. The van der Waals surface area contributed by atoms with E-state index in [1.54, 1.807) is 11.8 Å². The Kier molecular flexibility index (Phi) is 6.14. The van der Waals surface area contributed by atoms with E-state index < -0.39 is 0 Å². The van der Waals surface area contributed by atoms with E-state index in [0.717, 1.165) is 34.1 Å². The number of tetrazole rings is 1. The first-order valence-corrected chi connectivity index (χ1v) is 11.2. The van der Waals surface area contributed by atoms with Crippen molar-refractivity contribution in [3.63, 3.8) is 0 Å². The number of thioether (sulfide) groups is 1. The van der Waals surface area contributed by atoms with Crippen molar-refractivity contribution in [1.82, 2.24) is 24.8 Å². The summed E-state index contributed by atoms with van der Waals surface area (Å²) in [5, 5.41) is 12.7. The number of ketones is 1. The van der Waals surface area contributed by atoms with Crippen molar-refractivity contribution in [2.75, 3.05) is 12.9 Å². The molecule has 164 valence electrons. The number of hydrogen-bond acceptors (Lipinski definition) is 6. The van der Waals surface area contributed by atoms with E-state index in [1.807, 2.05) is 70.2 Å². The maximum absolute atomic E-state index is 13.1. The number of benzene rings is 2. The normalized spacial score (nSPS) is 11.0. The number of aryl methyl sites for hydroxylation is 3. The van der Waals surface area contributed by atoms with E-state index >= 15 is 0 Å². The van der Waals surface area contributed by atoms with Crippen LogP contribution in [0.4, 0.5) is 0 Å². The van der Waals surface area contributed by atoms with Crippen molar-refractivity contribution in [3.05, 3.63) is 76.6 Å². The Hall–Kier alpha value is -3.39. The minimum Gasteiger partial charge on any atom is -0.497 e. The van der Waals surface area contributed by atoms with E-state index in [2.05, 4.69) is 26.2 Å². The lowest BCUT2D eigenvalue weighted by Crippen LogP contribution is -2.07. The van der Waals surface area contributed by atoms with Gasteiger partial charge >= 0.3 is 0 Å². The summed E-state index contributed by atoms with van der Waals surface area (Å²) < 4.78 is 9.02. The highest BCUT2D eigenvalue weighted by molar-refractivity contribution is 7.99. The predicted molar refractivity (Wildman–Crippen MR) is 125 cm³/mol. The lowest BCUT2D eigenvalue weighted by atomic mass is 10.1. The largest absolute Gasteiger partial charge is 0.497 e. The van der Waals surface area contributed by atoms with Crippen LogP contribution < -0.4 is 4.74 Å². The highest BCUT2D eigenvalue weighted by Crippen LogP contribution is 2.26. The van der Waals surface area contributed by atoms with Gasteiger partial charge in [-0.05, 0) is 80.1 Å². The van der Waals surface area contributed by atoms with Gasteiger partial charge in [-0.2, -0.15) is 4.68 Å². The molecule has 0 bridgehead atoms. The number of carbonyl (C=O) groups is 1. The molecule has 0 radical (unpaired) electrons. The van der Waals surface area contributed by atoms with E-state index in [0.29, 0.717) is 10.7 Å². The number of carbonyl (C=O) groups excluding carboxylic acids is 1. The van der Waals surface area contributed by atoms with Gasteiger partial charge in [0.2, 0.25) is 5.16 Å². The van der Waals surface area contributed by atoms with Gasteiger partial charge in [0, 0.05) is 22.6 Å². The van der Waals surface area contributed by atoms with Crippen LogP contribution in [-0.4, -0.2) is 43.4 Å². The Morgan fingerprint density at radius 1 is 1.03 bits per heavy atom. The fourth-order valence-electron chi connectivity index (χ4n) is 3.84. The van der Waals surface area contributed by atoms with Gasteiger partial charge in [-0.3, -0.25) is 4.79 Å². The molecule has 7 nitrogen and oxygen atoms in total. The van der Waals surface area contributed by atoms with Crippen LogP contribution in [0.3, 0.4) is 0 Å². The van der Waals surface area contributed by atoms with Crippen molar-refractivity contribution in [1.29, 1.82) is 0 Å². The maximum Gasteiger partial charge on any atom is 0.214 e. The predicted octanol–water partition coefficient (Wildman–Crippen LogP) is 4.67. The molecule has 0 aliphatic carbocycles. The van der Waals surface area contributed by atoms with Crippen LogP contribution in [0.5, 0.6) is 5.75 Å². The average molecular weight is 448 g/mol. The van der Waals surface area contributed by atoms with Gasteiger partial charge in [-0.1, -0.05) is 29.5 Å². The second-order valence-electron chi connectivity index (χ2n) is 7.69. The molecule has 0 spiro atoms. The third kappa shape index (κ3) is 4.18. The average Bonchev–Trinajstić information content (AvgIpc) is 3.36. The zero-order valence-electron chi connectivity index (χ0n) is 18.8. The lowest BCUT2D eigenvalue weighted by molar-refractivity contribution is 0.102. The van der Waals surface area contributed by atoms with Crippen LogP contribution >= 0.6 is 11.8 Å². The fraction of sp³-hybridized carbons (Fsp3) is 0.250. The highest BCUT2D eigenvalue weighted by atomic mass is 32.2. The van der Waals surface area contributed by atoms with Crippen LogP contribution in [-0.2, 0) is 0 Å². The van der Waals surface area contributed by atoms with Crippen molar-refractivity contribution in [2.45, 2.75) is 32.9 Å². The van der Waals surface area contributed by atoms with Gasteiger partial charge in [-0.15, -0.1) is 5.10 Å². The monoisotopic (exact) mass is 447 g/mol. The third-order valence-electron chi connectivity index (χ3n) is 5.42. The second kappa shape index (κ2) is 9.00. The third-order valence-corrected chi connectivity index (χ3v) is 6.34. The molecule has 0 aliphatic heterocycles. The molecule has 0 amide bonds. The summed E-state index contributed by atoms with van der Waals surface area (Å²) in [5.41, 5.74) is 6.77. The zero-order valence-corrected chi connectivity index (χ0v) is 19.6. The van der Waals surface area contributed by atoms with Crippen LogP contribution in [0.15, 0.2) is 53.7 Å². The summed E-state index contributed by atoms with van der Waals surface area (Å²) in [6.07, 6.45) is 0. The van der Waals surface area contributed by atoms with Crippen molar-refractivity contribution >= 4 is 17.5 Å². The molecule has 8 heteroatoms.